The van der Waals surface area contributed by atoms with Gasteiger partial charge in [0.15, 0.2) is 0 Å². The monoisotopic (exact) mass is 316 g/mol. The molecule has 6 heteroatoms. The summed E-state index contributed by atoms with van der Waals surface area (Å²) >= 11 is 0. The molecule has 0 saturated heterocycles. The predicted octanol–water partition coefficient (Wildman–Crippen LogP) is 2.75. The van der Waals surface area contributed by atoms with Crippen molar-refractivity contribution >= 4 is 6.03 Å². The van der Waals surface area contributed by atoms with Crippen LogP contribution in [0.1, 0.15) is 59.3 Å². The van der Waals surface area contributed by atoms with Gasteiger partial charge in [0.1, 0.15) is 0 Å². The van der Waals surface area contributed by atoms with E-state index in [0.29, 0.717) is 19.8 Å². The fourth-order valence-electron chi connectivity index (χ4n) is 1.30. The van der Waals surface area contributed by atoms with Crippen LogP contribution in [0.3, 0.4) is 0 Å². The van der Waals surface area contributed by atoms with Crippen LogP contribution in [-0.2, 0) is 14.2 Å². The standard InChI is InChI=1S/C15H28O3.CH4N2O/c1-5-9-12-16-15(8-4,17-13-10-6-2)18-14-11-7-3;2-1(3)4/h4H,5-7,9-14H2,1-3H3;(H4,2,3,4). The van der Waals surface area contributed by atoms with Gasteiger partial charge in [-0.25, -0.2) is 4.79 Å². The van der Waals surface area contributed by atoms with Gasteiger partial charge in [0.25, 0.3) is 0 Å². The largest absolute Gasteiger partial charge is 0.353 e. The number of primary amides is 2. The molecular weight excluding hydrogens is 284 g/mol. The van der Waals surface area contributed by atoms with Gasteiger partial charge in [-0.1, -0.05) is 40.0 Å². The molecule has 6 nitrogen and oxygen atoms in total. The Balaban J connectivity index is 0. The average Bonchev–Trinajstić information content (AvgIpc) is 2.47. The molecule has 0 unspecified atom stereocenters. The maximum atomic E-state index is 9.00. The molecule has 0 aliphatic carbocycles. The highest BCUT2D eigenvalue weighted by atomic mass is 16.9. The van der Waals surface area contributed by atoms with Gasteiger partial charge in [-0.15, -0.1) is 6.42 Å². The van der Waals surface area contributed by atoms with Crippen LogP contribution in [0, 0.1) is 12.3 Å². The number of hydrogen-bond donors (Lipinski definition) is 2. The number of hydrogen-bond acceptors (Lipinski definition) is 4. The number of rotatable bonds is 12. The summed E-state index contributed by atoms with van der Waals surface area (Å²) in [4.78, 5) is 9.00. The number of carbonyl (C=O) groups is 1. The summed E-state index contributed by atoms with van der Waals surface area (Å²) in [6.07, 6.45) is 11.6. The van der Waals surface area contributed by atoms with Crippen molar-refractivity contribution in [2.24, 2.45) is 11.5 Å². The first-order chi connectivity index (χ1) is 10.5. The first kappa shape index (κ1) is 23.0. The topological polar surface area (TPSA) is 96.8 Å². The van der Waals surface area contributed by atoms with Crippen molar-refractivity contribution in [3.63, 3.8) is 0 Å². The molecule has 2 amide bonds. The average molecular weight is 316 g/mol. The zero-order valence-corrected chi connectivity index (χ0v) is 14.2. The van der Waals surface area contributed by atoms with E-state index < -0.39 is 12.0 Å². The van der Waals surface area contributed by atoms with Gasteiger partial charge in [0, 0.05) is 0 Å². The third kappa shape index (κ3) is 15.1. The second kappa shape index (κ2) is 16.1. The summed E-state index contributed by atoms with van der Waals surface area (Å²) in [6.45, 7) is 8.03. The Morgan fingerprint density at radius 1 is 0.909 bits per heavy atom. The highest BCUT2D eigenvalue weighted by molar-refractivity contribution is 5.69. The first-order valence-corrected chi connectivity index (χ1v) is 7.92. The summed E-state index contributed by atoms with van der Waals surface area (Å²) in [5, 5.41) is 0. The van der Waals surface area contributed by atoms with Crippen molar-refractivity contribution < 1.29 is 19.0 Å². The third-order valence-corrected chi connectivity index (χ3v) is 2.55. The molecule has 0 bridgehead atoms. The van der Waals surface area contributed by atoms with Crippen molar-refractivity contribution in [3.05, 3.63) is 0 Å². The molecule has 0 heterocycles. The lowest BCUT2D eigenvalue weighted by Crippen LogP contribution is -2.38. The Labute approximate surface area is 134 Å². The van der Waals surface area contributed by atoms with Crippen LogP contribution >= 0.6 is 0 Å². The lowest BCUT2D eigenvalue weighted by molar-refractivity contribution is -0.344. The minimum absolute atomic E-state index is 0.568. The van der Waals surface area contributed by atoms with Gasteiger partial charge >= 0.3 is 12.0 Å². The molecule has 22 heavy (non-hydrogen) atoms. The van der Waals surface area contributed by atoms with Crippen LogP contribution in [0.25, 0.3) is 0 Å². The van der Waals surface area contributed by atoms with E-state index in [4.69, 9.17) is 25.4 Å². The number of ether oxygens (including phenoxy) is 3. The van der Waals surface area contributed by atoms with Gasteiger partial charge in [-0.2, -0.15) is 0 Å². The third-order valence-electron chi connectivity index (χ3n) is 2.55. The molecule has 0 saturated carbocycles. The second-order valence-corrected chi connectivity index (χ2v) is 4.71. The molecule has 0 aromatic carbocycles. The fourth-order valence-corrected chi connectivity index (χ4v) is 1.30. The smallest absolute Gasteiger partial charge is 0.352 e. The molecule has 0 atom stereocenters. The van der Waals surface area contributed by atoms with E-state index in [1.807, 2.05) is 0 Å². The lowest BCUT2D eigenvalue weighted by Gasteiger charge is -2.28. The summed E-state index contributed by atoms with van der Waals surface area (Å²) in [5.41, 5.74) is 8.50. The number of nitrogens with two attached hydrogens (primary N) is 2. The van der Waals surface area contributed by atoms with Crippen molar-refractivity contribution in [2.45, 2.75) is 65.3 Å². The van der Waals surface area contributed by atoms with Crippen molar-refractivity contribution in [1.29, 1.82) is 0 Å². The number of amides is 2. The highest BCUT2D eigenvalue weighted by Crippen LogP contribution is 2.17. The van der Waals surface area contributed by atoms with Crippen LogP contribution in [0.5, 0.6) is 0 Å². The van der Waals surface area contributed by atoms with Crippen molar-refractivity contribution in [3.8, 4) is 12.3 Å². The Bertz CT molecular complexity index is 272. The molecular formula is C16H32N2O4. The zero-order chi connectivity index (χ0) is 17.3. The zero-order valence-electron chi connectivity index (χ0n) is 14.2. The van der Waals surface area contributed by atoms with Crippen LogP contribution in [-0.4, -0.2) is 31.8 Å². The summed E-state index contributed by atoms with van der Waals surface area (Å²) < 4.78 is 16.9. The van der Waals surface area contributed by atoms with E-state index in [0.717, 1.165) is 38.5 Å². The SMILES string of the molecule is C#CC(OCCCC)(OCCCC)OCCCC.NC(N)=O. The number of unbranched alkanes of at least 4 members (excludes halogenated alkanes) is 3. The maximum Gasteiger partial charge on any atom is 0.353 e. The molecule has 0 spiro atoms. The summed E-state index contributed by atoms with van der Waals surface area (Å²) in [7, 11) is 0. The van der Waals surface area contributed by atoms with Crippen molar-refractivity contribution in [2.75, 3.05) is 19.8 Å². The first-order valence-electron chi connectivity index (χ1n) is 7.92. The molecule has 0 aliphatic rings. The van der Waals surface area contributed by atoms with Gasteiger partial charge in [-0.3, -0.25) is 0 Å². The minimum Gasteiger partial charge on any atom is -0.352 e. The highest BCUT2D eigenvalue weighted by Gasteiger charge is 2.30. The summed E-state index contributed by atoms with van der Waals surface area (Å²) in [6, 6.07) is -0.833. The van der Waals surface area contributed by atoms with Crippen molar-refractivity contribution in [1.82, 2.24) is 0 Å². The molecule has 4 N–H and O–H groups in total. The van der Waals surface area contributed by atoms with Gasteiger partial charge in [-0.05, 0) is 25.2 Å². The predicted molar refractivity (Wildman–Crippen MR) is 87.9 cm³/mol. The van der Waals surface area contributed by atoms with E-state index >= 15 is 0 Å². The minimum atomic E-state index is -1.28. The second-order valence-electron chi connectivity index (χ2n) is 4.71. The van der Waals surface area contributed by atoms with E-state index in [-0.39, 0.29) is 0 Å². The quantitative estimate of drug-likeness (QED) is 0.329. The lowest BCUT2D eigenvalue weighted by atomic mass is 10.3. The molecule has 0 aliphatic heterocycles. The van der Waals surface area contributed by atoms with Gasteiger partial charge in [0.2, 0.25) is 0 Å². The van der Waals surface area contributed by atoms with Crippen LogP contribution in [0.2, 0.25) is 0 Å². The molecule has 130 valence electrons. The number of carbonyl (C=O) groups excluding carboxylic acids is 1. The normalized spacial score (nSPS) is 10.5. The van der Waals surface area contributed by atoms with E-state index in [9.17, 15) is 0 Å². The summed E-state index contributed by atoms with van der Waals surface area (Å²) in [5.74, 6) is 1.25. The molecule has 0 rings (SSSR count). The fraction of sp³-hybridized carbons (Fsp3) is 0.812. The van der Waals surface area contributed by atoms with Crippen LogP contribution in [0.4, 0.5) is 4.79 Å². The molecule has 0 radical (unpaired) electrons. The van der Waals surface area contributed by atoms with Gasteiger partial charge < -0.3 is 25.7 Å². The van der Waals surface area contributed by atoms with Crippen LogP contribution < -0.4 is 11.5 Å². The van der Waals surface area contributed by atoms with E-state index in [1.54, 1.807) is 0 Å². The van der Waals surface area contributed by atoms with Gasteiger partial charge in [0.05, 0.1) is 19.8 Å². The molecule has 0 aromatic rings. The number of urea groups is 1. The molecule has 0 aromatic heterocycles. The van der Waals surface area contributed by atoms with E-state index in [1.165, 1.54) is 0 Å². The Morgan fingerprint density at radius 2 is 1.18 bits per heavy atom. The maximum absolute atomic E-state index is 9.00. The Kier molecular flexibility index (Phi) is 16.8. The Hall–Kier alpha value is -1.29. The van der Waals surface area contributed by atoms with Crippen LogP contribution in [0.15, 0.2) is 0 Å². The Morgan fingerprint density at radius 3 is 1.36 bits per heavy atom. The van der Waals surface area contributed by atoms with E-state index in [2.05, 4.69) is 38.2 Å². The molecule has 0 fully saturated rings. The number of terminal acetylenes is 1.